The van der Waals surface area contributed by atoms with Crippen molar-refractivity contribution in [1.82, 2.24) is 9.78 Å². The van der Waals surface area contributed by atoms with Crippen LogP contribution in [0.15, 0.2) is 35.1 Å². The van der Waals surface area contributed by atoms with Crippen LogP contribution in [0.2, 0.25) is 0 Å². The van der Waals surface area contributed by atoms with E-state index in [0.717, 1.165) is 41.8 Å². The second-order valence-electron chi connectivity index (χ2n) is 6.38. The molecule has 1 aromatic carbocycles. The van der Waals surface area contributed by atoms with E-state index in [-0.39, 0.29) is 18.0 Å². The summed E-state index contributed by atoms with van der Waals surface area (Å²) < 4.78 is 1.26. The zero-order chi connectivity index (χ0) is 16.4. The van der Waals surface area contributed by atoms with Crippen LogP contribution in [0.25, 0.3) is 0 Å². The Labute approximate surface area is 135 Å². The molecule has 1 aliphatic rings. The molecule has 0 spiro atoms. The molecule has 0 radical (unpaired) electrons. The third-order valence-corrected chi connectivity index (χ3v) is 4.20. The Balaban J connectivity index is 1.75. The number of carbonyl (C=O) groups excluding carboxylic acids is 1. The molecule has 1 aliphatic carbocycles. The molecule has 0 fully saturated rings. The number of nitrogens with one attached hydrogen (secondary N) is 1. The number of hydrogen-bond acceptors (Lipinski definition) is 3. The Bertz CT molecular complexity index is 795. The smallest absolute Gasteiger partial charge is 0.267 e. The predicted octanol–water partition coefficient (Wildman–Crippen LogP) is 2.32. The zero-order valence-electron chi connectivity index (χ0n) is 13.5. The van der Waals surface area contributed by atoms with Gasteiger partial charge in [-0.3, -0.25) is 9.59 Å². The quantitative estimate of drug-likeness (QED) is 0.946. The van der Waals surface area contributed by atoms with Gasteiger partial charge in [-0.25, -0.2) is 4.68 Å². The van der Waals surface area contributed by atoms with Crippen molar-refractivity contribution in [2.45, 2.75) is 39.7 Å². The molecular formula is C18H21N3O2. The van der Waals surface area contributed by atoms with Crippen LogP contribution in [0.5, 0.6) is 0 Å². The second kappa shape index (κ2) is 6.36. The molecule has 0 aliphatic heterocycles. The summed E-state index contributed by atoms with van der Waals surface area (Å²) >= 11 is 0. The lowest BCUT2D eigenvalue weighted by Gasteiger charge is -2.20. The first-order chi connectivity index (χ1) is 11.0. The Morgan fingerprint density at radius 3 is 3.00 bits per heavy atom. The summed E-state index contributed by atoms with van der Waals surface area (Å²) in [5.74, 6) is 0.346. The van der Waals surface area contributed by atoms with Crippen molar-refractivity contribution in [2.24, 2.45) is 5.92 Å². The first-order valence-electron chi connectivity index (χ1n) is 7.97. The van der Waals surface area contributed by atoms with Crippen LogP contribution >= 0.6 is 0 Å². The molecule has 1 N–H and O–H groups in total. The van der Waals surface area contributed by atoms with Gasteiger partial charge in [0.1, 0.15) is 6.54 Å². The third-order valence-electron chi connectivity index (χ3n) is 4.20. The Morgan fingerprint density at radius 1 is 1.39 bits per heavy atom. The van der Waals surface area contributed by atoms with Gasteiger partial charge in [0.15, 0.2) is 0 Å². The fourth-order valence-electron chi connectivity index (χ4n) is 2.99. The van der Waals surface area contributed by atoms with E-state index in [1.807, 2.05) is 31.2 Å². The average molecular weight is 311 g/mol. The largest absolute Gasteiger partial charge is 0.324 e. The molecule has 3 rings (SSSR count). The number of hydrogen-bond donors (Lipinski definition) is 1. The normalized spacial score (nSPS) is 16.7. The zero-order valence-corrected chi connectivity index (χ0v) is 13.5. The molecule has 0 unspecified atom stereocenters. The number of aromatic nitrogens is 2. The monoisotopic (exact) mass is 311 g/mol. The SMILES string of the molecule is Cc1cccc(NC(=O)Cn2nc3c(cc2=O)C[C@H](C)CC3)c1. The number of fused-ring (bicyclic) bond motifs is 1. The molecule has 1 aromatic heterocycles. The van der Waals surface area contributed by atoms with Gasteiger partial charge in [0.25, 0.3) is 5.56 Å². The minimum atomic E-state index is -0.241. The van der Waals surface area contributed by atoms with Gasteiger partial charge in [0.2, 0.25) is 5.91 Å². The number of benzene rings is 1. The van der Waals surface area contributed by atoms with Crippen molar-refractivity contribution in [3.05, 3.63) is 57.5 Å². The van der Waals surface area contributed by atoms with Gasteiger partial charge in [-0.05, 0) is 55.4 Å². The van der Waals surface area contributed by atoms with Crippen molar-refractivity contribution in [3.8, 4) is 0 Å². The van der Waals surface area contributed by atoms with Crippen LogP contribution in [0, 0.1) is 12.8 Å². The Hall–Kier alpha value is -2.43. The van der Waals surface area contributed by atoms with E-state index < -0.39 is 0 Å². The van der Waals surface area contributed by atoms with Crippen LogP contribution < -0.4 is 10.9 Å². The Morgan fingerprint density at radius 2 is 2.22 bits per heavy atom. The lowest BCUT2D eigenvalue weighted by Crippen LogP contribution is -2.32. The van der Waals surface area contributed by atoms with E-state index in [9.17, 15) is 9.59 Å². The second-order valence-corrected chi connectivity index (χ2v) is 6.38. The number of aryl methyl sites for hydroxylation is 2. The molecule has 0 saturated carbocycles. The minimum absolute atomic E-state index is 0.0599. The lowest BCUT2D eigenvalue weighted by atomic mass is 9.88. The molecule has 23 heavy (non-hydrogen) atoms. The minimum Gasteiger partial charge on any atom is -0.324 e. The molecule has 120 valence electrons. The average Bonchev–Trinajstić information content (AvgIpc) is 2.48. The molecule has 0 saturated heterocycles. The molecule has 1 amide bonds. The van der Waals surface area contributed by atoms with E-state index in [1.54, 1.807) is 6.07 Å². The highest BCUT2D eigenvalue weighted by molar-refractivity contribution is 5.90. The fourth-order valence-corrected chi connectivity index (χ4v) is 2.99. The van der Waals surface area contributed by atoms with Crippen molar-refractivity contribution in [1.29, 1.82) is 0 Å². The maximum absolute atomic E-state index is 12.2. The number of anilines is 1. The molecule has 5 nitrogen and oxygen atoms in total. The highest BCUT2D eigenvalue weighted by atomic mass is 16.2. The van der Waals surface area contributed by atoms with Gasteiger partial charge < -0.3 is 5.32 Å². The maximum atomic E-state index is 12.2. The first kappa shape index (κ1) is 15.5. The van der Waals surface area contributed by atoms with Crippen molar-refractivity contribution < 1.29 is 4.79 Å². The third kappa shape index (κ3) is 3.67. The molecule has 0 bridgehead atoms. The fraction of sp³-hybridized carbons (Fsp3) is 0.389. The summed E-state index contributed by atoms with van der Waals surface area (Å²) in [6, 6.07) is 9.21. The van der Waals surface area contributed by atoms with Crippen molar-refractivity contribution >= 4 is 11.6 Å². The van der Waals surface area contributed by atoms with Gasteiger partial charge in [-0.1, -0.05) is 19.1 Å². The summed E-state index contributed by atoms with van der Waals surface area (Å²) in [6.07, 6.45) is 2.85. The first-order valence-corrected chi connectivity index (χ1v) is 7.97. The van der Waals surface area contributed by atoms with Crippen LogP contribution in [0.1, 0.15) is 30.2 Å². The standard InChI is InChI=1S/C18H21N3O2/c1-12-4-3-5-15(9-12)19-17(22)11-21-18(23)10-14-8-13(2)6-7-16(14)20-21/h3-5,9-10,13H,6-8,11H2,1-2H3,(H,19,22)/t13-/m1/s1. The summed E-state index contributed by atoms with van der Waals surface area (Å²) in [4.78, 5) is 24.3. The van der Waals surface area contributed by atoms with E-state index in [0.29, 0.717) is 5.92 Å². The van der Waals surface area contributed by atoms with Crippen LogP contribution in [-0.2, 0) is 24.2 Å². The molecule has 2 aromatic rings. The van der Waals surface area contributed by atoms with Crippen LogP contribution in [0.3, 0.4) is 0 Å². The van der Waals surface area contributed by atoms with E-state index in [1.165, 1.54) is 4.68 Å². The summed E-state index contributed by atoms with van der Waals surface area (Å²) in [6.45, 7) is 4.09. The topological polar surface area (TPSA) is 64.0 Å². The van der Waals surface area contributed by atoms with Crippen molar-refractivity contribution in [2.75, 3.05) is 5.32 Å². The highest BCUT2D eigenvalue weighted by Crippen LogP contribution is 2.22. The number of nitrogens with zero attached hydrogens (tertiary/aromatic N) is 2. The summed E-state index contributed by atoms with van der Waals surface area (Å²) in [7, 11) is 0. The Kier molecular flexibility index (Phi) is 4.28. The van der Waals surface area contributed by atoms with E-state index in [4.69, 9.17) is 0 Å². The van der Waals surface area contributed by atoms with Gasteiger partial charge in [-0.15, -0.1) is 0 Å². The van der Waals surface area contributed by atoms with E-state index in [2.05, 4.69) is 17.3 Å². The van der Waals surface area contributed by atoms with Gasteiger partial charge in [0.05, 0.1) is 5.69 Å². The molecule has 1 heterocycles. The van der Waals surface area contributed by atoms with Gasteiger partial charge >= 0.3 is 0 Å². The van der Waals surface area contributed by atoms with Crippen LogP contribution in [-0.4, -0.2) is 15.7 Å². The number of carbonyl (C=O) groups is 1. The van der Waals surface area contributed by atoms with Gasteiger partial charge in [-0.2, -0.15) is 5.10 Å². The van der Waals surface area contributed by atoms with Gasteiger partial charge in [0, 0.05) is 11.8 Å². The van der Waals surface area contributed by atoms with Crippen molar-refractivity contribution in [3.63, 3.8) is 0 Å². The molecular weight excluding hydrogens is 290 g/mol. The predicted molar refractivity (Wildman–Crippen MR) is 89.5 cm³/mol. The highest BCUT2D eigenvalue weighted by Gasteiger charge is 2.18. The van der Waals surface area contributed by atoms with Crippen LogP contribution in [0.4, 0.5) is 5.69 Å². The maximum Gasteiger partial charge on any atom is 0.267 e. The van der Waals surface area contributed by atoms with E-state index >= 15 is 0 Å². The number of amides is 1. The lowest BCUT2D eigenvalue weighted by molar-refractivity contribution is -0.117. The molecule has 1 atom stereocenters. The number of rotatable bonds is 3. The summed E-state index contributed by atoms with van der Waals surface area (Å²) in [5.41, 5.74) is 3.57. The molecule has 5 heteroatoms. The summed E-state index contributed by atoms with van der Waals surface area (Å²) in [5, 5.41) is 7.20.